The Hall–Kier alpha value is -3.40. The van der Waals surface area contributed by atoms with Gasteiger partial charge in [0.05, 0.1) is 12.5 Å². The molecule has 4 nitrogen and oxygen atoms in total. The molecule has 3 aromatic carbocycles. The summed E-state index contributed by atoms with van der Waals surface area (Å²) >= 11 is 0. The van der Waals surface area contributed by atoms with Crippen molar-refractivity contribution in [3.63, 3.8) is 0 Å². The van der Waals surface area contributed by atoms with E-state index < -0.39 is 0 Å². The lowest BCUT2D eigenvalue weighted by atomic mass is 9.89. The smallest absolute Gasteiger partial charge is 0.231 e. The molecule has 0 aliphatic carbocycles. The van der Waals surface area contributed by atoms with Gasteiger partial charge in [0.15, 0.2) is 0 Å². The van der Waals surface area contributed by atoms with E-state index in [-0.39, 0.29) is 23.9 Å². The van der Waals surface area contributed by atoms with E-state index in [0.717, 1.165) is 22.5 Å². The zero-order chi connectivity index (χ0) is 21.1. The summed E-state index contributed by atoms with van der Waals surface area (Å²) < 4.78 is 0. The van der Waals surface area contributed by atoms with Gasteiger partial charge in [0.1, 0.15) is 0 Å². The first-order valence-electron chi connectivity index (χ1n) is 10.4. The van der Waals surface area contributed by atoms with E-state index in [0.29, 0.717) is 12.8 Å². The van der Waals surface area contributed by atoms with Gasteiger partial charge < -0.3 is 9.80 Å². The van der Waals surface area contributed by atoms with Gasteiger partial charge in [-0.1, -0.05) is 66.7 Å². The highest BCUT2D eigenvalue weighted by molar-refractivity contribution is 5.98. The number of para-hydroxylation sites is 2. The number of rotatable bonds is 4. The normalized spacial score (nSPS) is 17.9. The van der Waals surface area contributed by atoms with Crippen molar-refractivity contribution in [2.75, 3.05) is 9.80 Å². The van der Waals surface area contributed by atoms with Crippen LogP contribution in [0.25, 0.3) is 0 Å². The molecule has 30 heavy (non-hydrogen) atoms. The fraction of sp³-hybridized carbons (Fsp3) is 0.231. The number of anilines is 2. The van der Waals surface area contributed by atoms with Gasteiger partial charge in [0, 0.05) is 24.3 Å². The summed E-state index contributed by atoms with van der Waals surface area (Å²) in [4.78, 5) is 29.7. The highest BCUT2D eigenvalue weighted by Gasteiger charge is 2.37. The zero-order valence-electron chi connectivity index (χ0n) is 17.4. The molecule has 0 fully saturated rings. The fourth-order valence-electron chi connectivity index (χ4n) is 4.45. The van der Waals surface area contributed by atoms with E-state index in [1.165, 1.54) is 0 Å². The van der Waals surface area contributed by atoms with Gasteiger partial charge in [-0.15, -0.1) is 0 Å². The maximum atomic E-state index is 13.6. The molecule has 1 heterocycles. The largest absolute Gasteiger partial charge is 0.309 e. The Balaban J connectivity index is 1.78. The van der Waals surface area contributed by atoms with Crippen molar-refractivity contribution >= 4 is 23.2 Å². The van der Waals surface area contributed by atoms with Crippen LogP contribution in [0.2, 0.25) is 0 Å². The Morgan fingerprint density at radius 1 is 0.900 bits per heavy atom. The molecule has 152 valence electrons. The minimum Gasteiger partial charge on any atom is -0.309 e. The van der Waals surface area contributed by atoms with Crippen LogP contribution in [0.15, 0.2) is 84.9 Å². The second kappa shape index (κ2) is 8.54. The van der Waals surface area contributed by atoms with Gasteiger partial charge in [0.25, 0.3) is 0 Å². The molecule has 2 amide bonds. The molecule has 0 saturated heterocycles. The third kappa shape index (κ3) is 3.86. The Labute approximate surface area is 177 Å². The molecule has 3 aromatic rings. The third-order valence-electron chi connectivity index (χ3n) is 5.71. The van der Waals surface area contributed by atoms with E-state index in [1.54, 1.807) is 6.92 Å². The van der Waals surface area contributed by atoms with E-state index in [9.17, 15) is 9.59 Å². The molecule has 0 bridgehead atoms. The molecular formula is C26H26N2O2. The van der Waals surface area contributed by atoms with Crippen LogP contribution in [0.3, 0.4) is 0 Å². The molecular weight excluding hydrogens is 372 g/mol. The average molecular weight is 399 g/mol. The summed E-state index contributed by atoms with van der Waals surface area (Å²) in [6.45, 7) is 3.65. The van der Waals surface area contributed by atoms with Crippen LogP contribution in [-0.4, -0.2) is 17.9 Å². The lowest BCUT2D eigenvalue weighted by Crippen LogP contribution is -2.47. The lowest BCUT2D eigenvalue weighted by molar-refractivity contribution is -0.118. The molecule has 4 heteroatoms. The molecule has 4 rings (SSSR count). The van der Waals surface area contributed by atoms with Crippen LogP contribution in [-0.2, 0) is 16.0 Å². The van der Waals surface area contributed by atoms with Crippen molar-refractivity contribution in [1.29, 1.82) is 0 Å². The molecule has 0 aromatic heterocycles. The minimum atomic E-state index is -0.134. The summed E-state index contributed by atoms with van der Waals surface area (Å²) in [7, 11) is 0. The predicted octanol–water partition coefficient (Wildman–Crippen LogP) is 5.15. The first-order chi connectivity index (χ1) is 14.6. The van der Waals surface area contributed by atoms with Crippen LogP contribution < -0.4 is 9.80 Å². The number of fused-ring (bicyclic) bond motifs is 1. The lowest BCUT2D eigenvalue weighted by Gasteiger charge is -2.43. The summed E-state index contributed by atoms with van der Waals surface area (Å²) in [6.07, 6.45) is 1.02. The zero-order valence-corrected chi connectivity index (χ0v) is 17.4. The number of nitrogens with zero attached hydrogens (tertiary/aromatic N) is 2. The number of benzene rings is 3. The van der Waals surface area contributed by atoms with Gasteiger partial charge in [0.2, 0.25) is 11.8 Å². The second-order valence-corrected chi connectivity index (χ2v) is 7.81. The Kier molecular flexibility index (Phi) is 5.66. The summed E-state index contributed by atoms with van der Waals surface area (Å²) in [5, 5.41) is 0. The molecule has 1 aliphatic rings. The van der Waals surface area contributed by atoms with E-state index in [4.69, 9.17) is 0 Å². The van der Waals surface area contributed by atoms with Crippen LogP contribution in [0.5, 0.6) is 0 Å². The van der Waals surface area contributed by atoms with E-state index in [1.807, 2.05) is 94.7 Å². The molecule has 0 unspecified atom stereocenters. The molecule has 1 aliphatic heterocycles. The Morgan fingerprint density at radius 2 is 1.50 bits per heavy atom. The molecule has 0 spiro atoms. The number of hydrogen-bond donors (Lipinski definition) is 0. The van der Waals surface area contributed by atoms with Crippen molar-refractivity contribution in [1.82, 2.24) is 0 Å². The van der Waals surface area contributed by atoms with E-state index >= 15 is 0 Å². The first kappa shape index (κ1) is 19.9. The van der Waals surface area contributed by atoms with Crippen molar-refractivity contribution < 1.29 is 9.59 Å². The van der Waals surface area contributed by atoms with Crippen molar-refractivity contribution in [3.05, 3.63) is 96.1 Å². The van der Waals surface area contributed by atoms with Crippen molar-refractivity contribution in [3.8, 4) is 0 Å². The quantitative estimate of drug-likeness (QED) is 0.610. The third-order valence-corrected chi connectivity index (χ3v) is 5.71. The SMILES string of the molecule is CC(=O)N1c2ccccc2[C@H](N(C(=O)Cc2ccccc2)c2ccccc2)C[C@@H]1C. The summed E-state index contributed by atoms with van der Waals surface area (Å²) in [5.41, 5.74) is 3.77. The minimum absolute atomic E-state index is 0.00172. The number of carbonyl (C=O) groups excluding carboxylic acids is 2. The van der Waals surface area contributed by atoms with Gasteiger partial charge in [-0.05, 0) is 42.7 Å². The topological polar surface area (TPSA) is 40.6 Å². The average Bonchev–Trinajstić information content (AvgIpc) is 2.75. The highest BCUT2D eigenvalue weighted by atomic mass is 16.2. The van der Waals surface area contributed by atoms with Crippen molar-refractivity contribution in [2.45, 2.75) is 38.8 Å². The standard InChI is InChI=1S/C26H26N2O2/c1-19-17-25(23-15-9-10-16-24(23)27(19)20(2)29)28(22-13-7-4-8-14-22)26(30)18-21-11-5-3-6-12-21/h3-16,19,25H,17-18H2,1-2H3/t19-,25+/m0/s1. The van der Waals surface area contributed by atoms with Crippen LogP contribution >= 0.6 is 0 Å². The second-order valence-electron chi connectivity index (χ2n) is 7.81. The van der Waals surface area contributed by atoms with Crippen LogP contribution in [0.4, 0.5) is 11.4 Å². The van der Waals surface area contributed by atoms with Gasteiger partial charge in [-0.3, -0.25) is 9.59 Å². The molecule has 2 atom stereocenters. The monoisotopic (exact) mass is 398 g/mol. The van der Waals surface area contributed by atoms with Crippen molar-refractivity contribution in [2.24, 2.45) is 0 Å². The maximum Gasteiger partial charge on any atom is 0.231 e. The Morgan fingerprint density at radius 3 is 2.17 bits per heavy atom. The van der Waals surface area contributed by atoms with Gasteiger partial charge in [-0.2, -0.15) is 0 Å². The predicted molar refractivity (Wildman–Crippen MR) is 120 cm³/mol. The number of hydrogen-bond acceptors (Lipinski definition) is 2. The first-order valence-corrected chi connectivity index (χ1v) is 10.4. The summed E-state index contributed by atoms with van der Waals surface area (Å²) in [6, 6.07) is 27.5. The van der Waals surface area contributed by atoms with Crippen LogP contribution in [0, 0.1) is 0 Å². The van der Waals surface area contributed by atoms with Gasteiger partial charge in [-0.25, -0.2) is 0 Å². The highest BCUT2D eigenvalue weighted by Crippen LogP contribution is 2.42. The van der Waals surface area contributed by atoms with Crippen LogP contribution in [0.1, 0.15) is 37.4 Å². The fourth-order valence-corrected chi connectivity index (χ4v) is 4.45. The Bertz CT molecular complexity index is 1030. The molecule has 0 N–H and O–H groups in total. The molecule has 0 saturated carbocycles. The maximum absolute atomic E-state index is 13.6. The number of amides is 2. The number of carbonyl (C=O) groups is 2. The van der Waals surface area contributed by atoms with E-state index in [2.05, 4.69) is 6.92 Å². The molecule has 0 radical (unpaired) electrons. The van der Waals surface area contributed by atoms with Gasteiger partial charge >= 0.3 is 0 Å². The summed E-state index contributed by atoms with van der Waals surface area (Å²) in [5.74, 6) is 0.0750.